The van der Waals surface area contributed by atoms with Crippen LogP contribution in [0.3, 0.4) is 0 Å². The molecule has 0 spiro atoms. The van der Waals surface area contributed by atoms with Crippen LogP contribution in [0.5, 0.6) is 0 Å². The Morgan fingerprint density at radius 3 is 2.73 bits per heavy atom. The molecule has 15 heavy (non-hydrogen) atoms. The molecule has 88 valence electrons. The second kappa shape index (κ2) is 5.09. The number of hydrogen-bond donors (Lipinski definition) is 1. The van der Waals surface area contributed by atoms with Crippen LogP contribution in [0.1, 0.15) is 52.4 Å². The number of nitrogens with one attached hydrogen (secondary N) is 1. The first-order valence-corrected chi connectivity index (χ1v) is 7.54. The summed E-state index contributed by atoms with van der Waals surface area (Å²) in [5, 5.41) is 3.74. The molecule has 1 heterocycles. The van der Waals surface area contributed by atoms with Gasteiger partial charge >= 0.3 is 0 Å². The van der Waals surface area contributed by atoms with Gasteiger partial charge < -0.3 is 5.32 Å². The molecule has 2 fully saturated rings. The van der Waals surface area contributed by atoms with E-state index < -0.39 is 0 Å². The molecule has 1 saturated carbocycles. The average Bonchev–Trinajstić information content (AvgIpc) is 2.57. The molecule has 1 aliphatic heterocycles. The van der Waals surface area contributed by atoms with Crippen molar-refractivity contribution in [2.24, 2.45) is 5.92 Å². The summed E-state index contributed by atoms with van der Waals surface area (Å²) in [4.78, 5) is 0. The number of hydrogen-bond acceptors (Lipinski definition) is 2. The maximum atomic E-state index is 3.74. The van der Waals surface area contributed by atoms with Gasteiger partial charge in [-0.15, -0.1) is 0 Å². The second-order valence-corrected chi connectivity index (χ2v) is 7.40. The molecule has 0 radical (unpaired) electrons. The van der Waals surface area contributed by atoms with Crippen LogP contribution in [0.25, 0.3) is 0 Å². The topological polar surface area (TPSA) is 12.0 Å². The molecular formula is C13H25NS. The fourth-order valence-electron chi connectivity index (χ4n) is 2.68. The zero-order valence-electron chi connectivity index (χ0n) is 10.2. The molecule has 1 aliphatic carbocycles. The molecule has 2 aliphatic rings. The van der Waals surface area contributed by atoms with Crippen LogP contribution in [0.2, 0.25) is 0 Å². The minimum absolute atomic E-state index is 0.536. The summed E-state index contributed by atoms with van der Waals surface area (Å²) in [5.41, 5.74) is 0. The van der Waals surface area contributed by atoms with Crippen molar-refractivity contribution in [2.45, 2.75) is 63.2 Å². The van der Waals surface area contributed by atoms with Crippen LogP contribution in [-0.4, -0.2) is 23.1 Å². The van der Waals surface area contributed by atoms with E-state index in [2.05, 4.69) is 30.9 Å². The molecule has 1 nitrogen and oxygen atoms in total. The third-order valence-electron chi connectivity index (χ3n) is 4.04. The maximum absolute atomic E-state index is 3.74. The number of rotatable bonds is 5. The molecule has 2 heteroatoms. The monoisotopic (exact) mass is 227 g/mol. The van der Waals surface area contributed by atoms with Crippen LogP contribution in [0.4, 0.5) is 0 Å². The first kappa shape index (κ1) is 11.8. The highest BCUT2D eigenvalue weighted by molar-refractivity contribution is 8.00. The first-order valence-electron chi connectivity index (χ1n) is 6.55. The van der Waals surface area contributed by atoms with Crippen molar-refractivity contribution in [3.63, 3.8) is 0 Å². The Hall–Kier alpha value is 0.310. The van der Waals surface area contributed by atoms with Crippen molar-refractivity contribution in [1.82, 2.24) is 5.32 Å². The molecular weight excluding hydrogens is 202 g/mol. The van der Waals surface area contributed by atoms with E-state index >= 15 is 0 Å². The van der Waals surface area contributed by atoms with Gasteiger partial charge in [-0.1, -0.05) is 19.3 Å². The molecule has 0 bridgehead atoms. The van der Waals surface area contributed by atoms with Crippen LogP contribution in [0.15, 0.2) is 0 Å². The summed E-state index contributed by atoms with van der Waals surface area (Å²) in [7, 11) is 0. The van der Waals surface area contributed by atoms with Gasteiger partial charge in [0.05, 0.1) is 0 Å². The molecule has 1 saturated heterocycles. The highest BCUT2D eigenvalue weighted by Crippen LogP contribution is 2.37. The van der Waals surface area contributed by atoms with E-state index in [-0.39, 0.29) is 0 Å². The summed E-state index contributed by atoms with van der Waals surface area (Å²) >= 11 is 2.16. The van der Waals surface area contributed by atoms with Crippen molar-refractivity contribution in [2.75, 3.05) is 12.3 Å². The third-order valence-corrected chi connectivity index (χ3v) is 5.57. The zero-order valence-corrected chi connectivity index (χ0v) is 11.0. The Morgan fingerprint density at radius 2 is 2.20 bits per heavy atom. The lowest BCUT2D eigenvalue weighted by Crippen LogP contribution is -2.39. The van der Waals surface area contributed by atoms with Crippen molar-refractivity contribution in [1.29, 1.82) is 0 Å². The van der Waals surface area contributed by atoms with Gasteiger partial charge in [-0.3, -0.25) is 0 Å². The summed E-state index contributed by atoms with van der Waals surface area (Å²) in [6, 6.07) is 0.730. The Balaban J connectivity index is 1.63. The van der Waals surface area contributed by atoms with Crippen molar-refractivity contribution in [3.05, 3.63) is 0 Å². The van der Waals surface area contributed by atoms with Gasteiger partial charge in [-0.2, -0.15) is 11.8 Å². The fraction of sp³-hybridized carbons (Fsp3) is 1.00. The van der Waals surface area contributed by atoms with E-state index in [0.29, 0.717) is 4.75 Å². The van der Waals surface area contributed by atoms with Gasteiger partial charge in [0, 0.05) is 17.3 Å². The fourth-order valence-corrected chi connectivity index (χ4v) is 3.93. The van der Waals surface area contributed by atoms with E-state index in [4.69, 9.17) is 0 Å². The SMILES string of the molecule is CC(CC1CCC1)NCC1(C)CCCS1. The van der Waals surface area contributed by atoms with Gasteiger partial charge in [0.2, 0.25) is 0 Å². The Labute approximate surface area is 98.8 Å². The third kappa shape index (κ3) is 3.39. The average molecular weight is 227 g/mol. The lowest BCUT2D eigenvalue weighted by Gasteiger charge is -2.31. The molecule has 0 aromatic rings. The Morgan fingerprint density at radius 1 is 1.40 bits per heavy atom. The molecule has 2 unspecified atom stereocenters. The normalized spacial score (nSPS) is 34.0. The van der Waals surface area contributed by atoms with Crippen molar-refractivity contribution < 1.29 is 0 Å². The number of thioether (sulfide) groups is 1. The lowest BCUT2D eigenvalue weighted by atomic mass is 9.81. The first-order chi connectivity index (χ1) is 7.18. The molecule has 0 aromatic carbocycles. The summed E-state index contributed by atoms with van der Waals surface area (Å²) < 4.78 is 0.536. The predicted octanol–water partition coefficient (Wildman–Crippen LogP) is 3.44. The molecule has 1 N–H and O–H groups in total. The summed E-state index contributed by atoms with van der Waals surface area (Å²) in [5.74, 6) is 2.41. The largest absolute Gasteiger partial charge is 0.313 e. The molecule has 2 rings (SSSR count). The smallest absolute Gasteiger partial charge is 0.0256 e. The van der Waals surface area contributed by atoms with Gasteiger partial charge in [0.25, 0.3) is 0 Å². The minimum atomic E-state index is 0.536. The quantitative estimate of drug-likeness (QED) is 0.772. The summed E-state index contributed by atoms with van der Waals surface area (Å²) in [6.07, 6.45) is 8.67. The van der Waals surface area contributed by atoms with E-state index in [1.807, 2.05) is 0 Å². The van der Waals surface area contributed by atoms with Crippen molar-refractivity contribution >= 4 is 11.8 Å². The van der Waals surface area contributed by atoms with E-state index in [1.165, 1.54) is 50.8 Å². The highest BCUT2D eigenvalue weighted by atomic mass is 32.2. The standard InChI is InChI=1S/C13H25NS/c1-11(9-12-5-3-6-12)14-10-13(2)7-4-8-15-13/h11-12,14H,3-10H2,1-2H3. The maximum Gasteiger partial charge on any atom is 0.0256 e. The van der Waals surface area contributed by atoms with E-state index in [0.717, 1.165) is 12.0 Å². The van der Waals surface area contributed by atoms with E-state index in [1.54, 1.807) is 0 Å². The van der Waals surface area contributed by atoms with Crippen molar-refractivity contribution in [3.8, 4) is 0 Å². The molecule has 0 aromatic heterocycles. The summed E-state index contributed by atoms with van der Waals surface area (Å²) in [6.45, 7) is 6.00. The van der Waals surface area contributed by atoms with Gasteiger partial charge in [0.15, 0.2) is 0 Å². The molecule has 0 amide bonds. The van der Waals surface area contributed by atoms with Gasteiger partial charge in [-0.25, -0.2) is 0 Å². The Bertz CT molecular complexity index is 195. The lowest BCUT2D eigenvalue weighted by molar-refractivity contribution is 0.264. The second-order valence-electron chi connectivity index (χ2n) is 5.72. The molecule has 2 atom stereocenters. The van der Waals surface area contributed by atoms with Gasteiger partial charge in [-0.05, 0) is 44.8 Å². The van der Waals surface area contributed by atoms with Crippen LogP contribution >= 0.6 is 11.8 Å². The van der Waals surface area contributed by atoms with Gasteiger partial charge in [0.1, 0.15) is 0 Å². The van der Waals surface area contributed by atoms with Crippen LogP contribution < -0.4 is 5.32 Å². The zero-order chi connectivity index (χ0) is 10.7. The van der Waals surface area contributed by atoms with Crippen LogP contribution in [0, 0.1) is 5.92 Å². The minimum Gasteiger partial charge on any atom is -0.313 e. The predicted molar refractivity (Wildman–Crippen MR) is 69.5 cm³/mol. The highest BCUT2D eigenvalue weighted by Gasteiger charge is 2.29. The van der Waals surface area contributed by atoms with E-state index in [9.17, 15) is 0 Å². The van der Waals surface area contributed by atoms with Crippen LogP contribution in [-0.2, 0) is 0 Å². The Kier molecular flexibility index (Phi) is 4.00.